The van der Waals surface area contributed by atoms with Gasteiger partial charge in [-0.1, -0.05) is 79.7 Å². The summed E-state index contributed by atoms with van der Waals surface area (Å²) in [5.74, 6) is 0. The van der Waals surface area contributed by atoms with E-state index in [9.17, 15) is 0 Å². The molecule has 2 nitrogen and oxygen atoms in total. The van der Waals surface area contributed by atoms with Crippen LogP contribution in [0, 0.1) is 6.92 Å². The summed E-state index contributed by atoms with van der Waals surface area (Å²) in [7, 11) is 0. The number of hydrogen-bond donors (Lipinski definition) is 0. The van der Waals surface area contributed by atoms with Gasteiger partial charge in [0, 0.05) is 23.0 Å². The van der Waals surface area contributed by atoms with Crippen molar-refractivity contribution in [1.82, 2.24) is 4.98 Å². The molecule has 0 fully saturated rings. The summed E-state index contributed by atoms with van der Waals surface area (Å²) in [6, 6.07) is 18.4. The predicted octanol–water partition coefficient (Wildman–Crippen LogP) is 8.09. The van der Waals surface area contributed by atoms with Crippen molar-refractivity contribution >= 4 is 17.1 Å². The summed E-state index contributed by atoms with van der Waals surface area (Å²) >= 11 is 0. The smallest absolute Gasteiger partial charge is 0.0502 e. The minimum Gasteiger partial charge on any atom is -0.310 e. The van der Waals surface area contributed by atoms with Gasteiger partial charge in [-0.05, 0) is 64.3 Å². The van der Waals surface area contributed by atoms with Gasteiger partial charge in [-0.2, -0.15) is 0 Å². The molecule has 1 aliphatic rings. The van der Waals surface area contributed by atoms with Gasteiger partial charge < -0.3 is 4.90 Å². The van der Waals surface area contributed by atoms with Crippen LogP contribution in [-0.4, -0.2) is 4.98 Å². The van der Waals surface area contributed by atoms with Crippen LogP contribution in [0.4, 0.5) is 17.1 Å². The first-order chi connectivity index (χ1) is 14.3. The number of aromatic nitrogens is 1. The summed E-state index contributed by atoms with van der Waals surface area (Å²) in [4.78, 5) is 6.86. The zero-order chi connectivity index (χ0) is 22.8. The minimum atomic E-state index is -0.0915. The van der Waals surface area contributed by atoms with E-state index in [0.29, 0.717) is 0 Å². The molecule has 0 N–H and O–H groups in total. The maximum Gasteiger partial charge on any atom is 0.0502 e. The lowest BCUT2D eigenvalue weighted by atomic mass is 9.70. The van der Waals surface area contributed by atoms with Gasteiger partial charge >= 0.3 is 0 Å². The van der Waals surface area contributed by atoms with Crippen molar-refractivity contribution in [3.8, 4) is 0 Å². The van der Waals surface area contributed by atoms with Crippen molar-refractivity contribution in [1.29, 1.82) is 0 Å². The normalized spacial score (nSPS) is 15.5. The van der Waals surface area contributed by atoms with Gasteiger partial charge in [0.25, 0.3) is 0 Å². The highest BCUT2D eigenvalue weighted by Crippen LogP contribution is 2.53. The molecule has 2 heterocycles. The lowest BCUT2D eigenvalue weighted by Crippen LogP contribution is -2.32. The van der Waals surface area contributed by atoms with E-state index in [4.69, 9.17) is 0 Å². The number of pyridine rings is 1. The fraction of sp³-hybridized carbons (Fsp3) is 0.414. The van der Waals surface area contributed by atoms with Gasteiger partial charge in [0.15, 0.2) is 0 Å². The molecule has 2 heteroatoms. The molecule has 0 atom stereocenters. The van der Waals surface area contributed by atoms with Crippen molar-refractivity contribution in [2.24, 2.45) is 0 Å². The van der Waals surface area contributed by atoms with Crippen LogP contribution >= 0.6 is 0 Å². The SMILES string of the molecule is Cc1cc(N2c3ccc(C(C)(C)C)cc3C(C)(C)c3cc(C(C)(C)C)ccc32)ccn1. The Kier molecular flexibility index (Phi) is 4.85. The predicted molar refractivity (Wildman–Crippen MR) is 133 cm³/mol. The Labute approximate surface area is 188 Å². The number of hydrogen-bond acceptors (Lipinski definition) is 2. The van der Waals surface area contributed by atoms with Crippen LogP contribution in [-0.2, 0) is 16.2 Å². The lowest BCUT2D eigenvalue weighted by Gasteiger charge is -2.43. The Hall–Kier alpha value is -2.61. The third-order valence-corrected chi connectivity index (χ3v) is 6.69. The standard InChI is InChI=1S/C29H36N2/c1-19-16-22(14-15-30-19)31-25-12-10-20(27(2,3)4)17-23(25)29(8,9)24-18-21(28(5,6)7)11-13-26(24)31/h10-18H,1-9H3. The van der Waals surface area contributed by atoms with E-state index in [1.54, 1.807) is 0 Å². The average molecular weight is 413 g/mol. The molecule has 0 amide bonds. The highest BCUT2D eigenvalue weighted by molar-refractivity contribution is 5.86. The second kappa shape index (κ2) is 6.95. The molecule has 1 aliphatic heterocycles. The van der Waals surface area contributed by atoms with Crippen molar-refractivity contribution < 1.29 is 0 Å². The lowest BCUT2D eigenvalue weighted by molar-refractivity contribution is 0.573. The second-order valence-corrected chi connectivity index (χ2v) is 11.6. The molecule has 4 rings (SSSR count). The van der Waals surface area contributed by atoms with Crippen molar-refractivity contribution in [3.63, 3.8) is 0 Å². The van der Waals surface area contributed by atoms with Crippen LogP contribution in [0.15, 0.2) is 54.7 Å². The topological polar surface area (TPSA) is 16.1 Å². The highest BCUT2D eigenvalue weighted by Gasteiger charge is 2.38. The number of anilines is 3. The highest BCUT2D eigenvalue weighted by atomic mass is 15.2. The van der Waals surface area contributed by atoms with Gasteiger partial charge in [0.1, 0.15) is 0 Å². The van der Waals surface area contributed by atoms with Crippen LogP contribution in [0.1, 0.15) is 83.3 Å². The van der Waals surface area contributed by atoms with Crippen LogP contribution < -0.4 is 4.90 Å². The molecule has 0 aliphatic carbocycles. The zero-order valence-electron chi connectivity index (χ0n) is 20.6. The molecule has 1 aromatic heterocycles. The van der Waals surface area contributed by atoms with Crippen molar-refractivity contribution in [3.05, 3.63) is 82.7 Å². The molecule has 162 valence electrons. The summed E-state index contributed by atoms with van der Waals surface area (Å²) in [6.07, 6.45) is 1.91. The third-order valence-electron chi connectivity index (χ3n) is 6.69. The van der Waals surface area contributed by atoms with Crippen LogP contribution in [0.25, 0.3) is 0 Å². The van der Waals surface area contributed by atoms with Gasteiger partial charge in [0.05, 0.1) is 11.4 Å². The number of nitrogens with zero attached hydrogens (tertiary/aromatic N) is 2. The maximum atomic E-state index is 4.44. The summed E-state index contributed by atoms with van der Waals surface area (Å²) in [5.41, 5.74) is 10.4. The van der Waals surface area contributed by atoms with Gasteiger partial charge in [-0.3, -0.25) is 4.98 Å². The number of fused-ring (bicyclic) bond motifs is 2. The molecule has 0 saturated heterocycles. The van der Waals surface area contributed by atoms with Crippen molar-refractivity contribution in [2.45, 2.75) is 78.6 Å². The second-order valence-electron chi connectivity index (χ2n) is 11.6. The van der Waals surface area contributed by atoms with Gasteiger partial charge in [0.2, 0.25) is 0 Å². The van der Waals surface area contributed by atoms with E-state index < -0.39 is 0 Å². The molecular formula is C29H36N2. The molecule has 31 heavy (non-hydrogen) atoms. The van der Waals surface area contributed by atoms with Crippen LogP contribution in [0.2, 0.25) is 0 Å². The zero-order valence-corrected chi connectivity index (χ0v) is 20.6. The Balaban J connectivity index is 2.05. The molecule has 0 radical (unpaired) electrons. The molecule has 0 unspecified atom stereocenters. The quantitative estimate of drug-likeness (QED) is 0.401. The maximum absolute atomic E-state index is 4.44. The van der Waals surface area contributed by atoms with E-state index in [1.165, 1.54) is 33.6 Å². The molecule has 0 saturated carbocycles. The van der Waals surface area contributed by atoms with Crippen LogP contribution in [0.5, 0.6) is 0 Å². The van der Waals surface area contributed by atoms with Crippen molar-refractivity contribution in [2.75, 3.05) is 4.90 Å². The van der Waals surface area contributed by atoms with E-state index in [0.717, 1.165) is 11.4 Å². The number of rotatable bonds is 1. The Morgan fingerprint density at radius 2 is 1.19 bits per heavy atom. The molecule has 2 aromatic carbocycles. The molecule has 0 spiro atoms. The summed E-state index contributed by atoms with van der Waals surface area (Å²) < 4.78 is 0. The van der Waals surface area contributed by atoms with Gasteiger partial charge in [-0.25, -0.2) is 0 Å². The fourth-order valence-electron chi connectivity index (χ4n) is 4.62. The summed E-state index contributed by atoms with van der Waals surface area (Å²) in [6.45, 7) is 20.6. The minimum absolute atomic E-state index is 0.0915. The monoisotopic (exact) mass is 412 g/mol. The van der Waals surface area contributed by atoms with E-state index in [1.807, 2.05) is 6.20 Å². The molecule has 0 bridgehead atoms. The third kappa shape index (κ3) is 3.67. The molecular weight excluding hydrogens is 376 g/mol. The van der Waals surface area contributed by atoms with Gasteiger partial charge in [-0.15, -0.1) is 0 Å². The molecule has 3 aromatic rings. The Morgan fingerprint density at radius 1 is 0.710 bits per heavy atom. The fourth-order valence-corrected chi connectivity index (χ4v) is 4.62. The van der Waals surface area contributed by atoms with E-state index in [2.05, 4.69) is 121 Å². The number of benzene rings is 2. The Bertz CT molecular complexity index is 1070. The first-order valence-electron chi connectivity index (χ1n) is 11.3. The van der Waals surface area contributed by atoms with E-state index >= 15 is 0 Å². The van der Waals surface area contributed by atoms with E-state index in [-0.39, 0.29) is 16.2 Å². The average Bonchev–Trinajstić information content (AvgIpc) is 2.66. The first kappa shape index (κ1) is 21.6. The summed E-state index contributed by atoms with van der Waals surface area (Å²) in [5, 5.41) is 0. The first-order valence-corrected chi connectivity index (χ1v) is 11.3. The Morgan fingerprint density at radius 3 is 1.61 bits per heavy atom. The number of aryl methyl sites for hydroxylation is 1. The van der Waals surface area contributed by atoms with Crippen LogP contribution in [0.3, 0.4) is 0 Å². The largest absolute Gasteiger partial charge is 0.310 e.